The summed E-state index contributed by atoms with van der Waals surface area (Å²) in [4.78, 5) is 37.5. The van der Waals surface area contributed by atoms with Crippen molar-refractivity contribution in [1.29, 1.82) is 5.26 Å². The van der Waals surface area contributed by atoms with Crippen LogP contribution in [0.5, 0.6) is 0 Å². The van der Waals surface area contributed by atoms with E-state index in [9.17, 15) is 32.7 Å². The molecule has 0 unspecified atom stereocenters. The van der Waals surface area contributed by atoms with Crippen LogP contribution in [0.4, 0.5) is 13.2 Å². The summed E-state index contributed by atoms with van der Waals surface area (Å²) >= 11 is 2.20. The topological polar surface area (TPSA) is 111 Å². The molecular weight excluding hydrogens is 431 g/mol. The number of hydrogen-bond donors (Lipinski definition) is 2. The molecule has 2 aliphatic rings. The molecule has 0 radical (unpaired) electrons. The molecule has 1 aromatic rings. The molecule has 0 aromatic heterocycles. The summed E-state index contributed by atoms with van der Waals surface area (Å²) in [6.45, 7) is 0. The number of aliphatic carboxylic acids is 1. The lowest BCUT2D eigenvalue weighted by atomic mass is 10.0. The van der Waals surface area contributed by atoms with Crippen molar-refractivity contribution in [3.63, 3.8) is 0 Å². The molecule has 29 heavy (non-hydrogen) atoms. The molecule has 1 fully saturated rings. The van der Waals surface area contributed by atoms with Crippen molar-refractivity contribution in [2.75, 3.05) is 5.75 Å². The Morgan fingerprint density at radius 3 is 2.55 bits per heavy atom. The maximum absolute atomic E-state index is 12.7. The largest absolute Gasteiger partial charge is 0.477 e. The van der Waals surface area contributed by atoms with E-state index < -0.39 is 47.4 Å². The highest BCUT2D eigenvalue weighted by Crippen LogP contribution is 2.45. The number of alkyl halides is 3. The standard InChI is InChI=1S/C17H12F3N3O4S2/c18-17(19,20)8-1-3-9(4-2-8)29-10-7-28-15-12(22-11(24)5-6-21)14(25)23(15)13(10)16(26)27/h1-4,12,15H,5,7H2,(H,22,24)(H,26,27)/t12-,15+/m1/s1. The van der Waals surface area contributed by atoms with E-state index in [0.717, 1.165) is 28.8 Å². The Bertz CT molecular complexity index is 941. The van der Waals surface area contributed by atoms with Gasteiger partial charge < -0.3 is 10.4 Å². The molecule has 2 aliphatic heterocycles. The summed E-state index contributed by atoms with van der Waals surface area (Å²) in [5, 5.41) is 19.9. The zero-order valence-electron chi connectivity index (χ0n) is 14.4. The number of rotatable bonds is 5. The highest BCUT2D eigenvalue weighted by atomic mass is 32.2. The van der Waals surface area contributed by atoms with Gasteiger partial charge in [-0.2, -0.15) is 18.4 Å². The Morgan fingerprint density at radius 1 is 1.34 bits per heavy atom. The third-order valence-corrected chi connectivity index (χ3v) is 6.67. The number of benzene rings is 1. The monoisotopic (exact) mass is 443 g/mol. The number of nitrogens with zero attached hydrogens (tertiary/aromatic N) is 2. The first kappa shape index (κ1) is 21.1. The number of thioether (sulfide) groups is 2. The van der Waals surface area contributed by atoms with E-state index in [2.05, 4.69) is 5.32 Å². The Hall–Kier alpha value is -2.65. The van der Waals surface area contributed by atoms with Crippen molar-refractivity contribution >= 4 is 41.3 Å². The van der Waals surface area contributed by atoms with Gasteiger partial charge in [-0.15, -0.1) is 11.8 Å². The van der Waals surface area contributed by atoms with Crippen molar-refractivity contribution in [2.24, 2.45) is 0 Å². The first-order valence-corrected chi connectivity index (χ1v) is 9.92. The van der Waals surface area contributed by atoms with Gasteiger partial charge in [0.15, 0.2) is 0 Å². The average Bonchev–Trinajstić information content (AvgIpc) is 2.65. The zero-order chi connectivity index (χ0) is 21.3. The minimum atomic E-state index is -4.47. The summed E-state index contributed by atoms with van der Waals surface area (Å²) in [6, 6.07) is 5.01. The molecule has 2 amide bonds. The highest BCUT2D eigenvalue weighted by Gasteiger charge is 2.54. The molecule has 12 heteroatoms. The van der Waals surface area contributed by atoms with Crippen LogP contribution in [0.15, 0.2) is 39.8 Å². The van der Waals surface area contributed by atoms with Gasteiger partial charge in [0.25, 0.3) is 5.91 Å². The van der Waals surface area contributed by atoms with Crippen LogP contribution in [0.2, 0.25) is 0 Å². The number of fused-ring (bicyclic) bond motifs is 1. The maximum Gasteiger partial charge on any atom is 0.416 e. The molecule has 2 N–H and O–H groups in total. The number of hydrogen-bond acceptors (Lipinski definition) is 6. The SMILES string of the molecule is N#CCC(=O)N[C@@H]1C(=O)N2C(C(=O)O)=C(Sc3ccc(C(F)(F)F)cc3)CS[C@@H]12. The van der Waals surface area contributed by atoms with E-state index in [1.54, 1.807) is 6.07 Å². The normalized spacial score (nSPS) is 21.2. The Morgan fingerprint density at radius 2 is 2.00 bits per heavy atom. The van der Waals surface area contributed by atoms with Gasteiger partial charge in [-0.05, 0) is 24.3 Å². The van der Waals surface area contributed by atoms with Gasteiger partial charge in [0, 0.05) is 15.6 Å². The average molecular weight is 443 g/mol. The lowest BCUT2D eigenvalue weighted by molar-refractivity contribution is -0.150. The lowest BCUT2D eigenvalue weighted by Gasteiger charge is -2.49. The molecule has 1 saturated heterocycles. The fraction of sp³-hybridized carbons (Fsp3) is 0.294. The predicted molar refractivity (Wildman–Crippen MR) is 97.2 cm³/mol. The van der Waals surface area contributed by atoms with Crippen LogP contribution in [0.25, 0.3) is 0 Å². The summed E-state index contributed by atoms with van der Waals surface area (Å²) < 4.78 is 38.0. The molecule has 2 heterocycles. The first-order valence-electron chi connectivity index (χ1n) is 8.06. The van der Waals surface area contributed by atoms with Crippen LogP contribution in [0, 0.1) is 11.3 Å². The molecule has 0 spiro atoms. The van der Waals surface area contributed by atoms with Gasteiger partial charge in [-0.25, -0.2) is 4.79 Å². The number of nitriles is 1. The molecule has 7 nitrogen and oxygen atoms in total. The van der Waals surface area contributed by atoms with E-state index in [0.29, 0.717) is 9.80 Å². The van der Waals surface area contributed by atoms with Crippen molar-refractivity contribution in [3.8, 4) is 6.07 Å². The molecule has 152 valence electrons. The smallest absolute Gasteiger partial charge is 0.416 e. The van der Waals surface area contributed by atoms with Gasteiger partial charge in [0.2, 0.25) is 5.91 Å². The molecule has 0 saturated carbocycles. The highest BCUT2D eigenvalue weighted by molar-refractivity contribution is 8.06. The number of amides is 2. The minimum absolute atomic E-state index is 0.201. The van der Waals surface area contributed by atoms with Gasteiger partial charge in [-0.3, -0.25) is 14.5 Å². The minimum Gasteiger partial charge on any atom is -0.477 e. The van der Waals surface area contributed by atoms with E-state index >= 15 is 0 Å². The van der Waals surface area contributed by atoms with Gasteiger partial charge in [-0.1, -0.05) is 11.8 Å². The van der Waals surface area contributed by atoms with Gasteiger partial charge in [0.05, 0.1) is 11.6 Å². The maximum atomic E-state index is 12.7. The van der Waals surface area contributed by atoms with Crippen LogP contribution < -0.4 is 5.32 Å². The zero-order valence-corrected chi connectivity index (χ0v) is 16.0. The second-order valence-corrected chi connectivity index (χ2v) is 8.26. The van der Waals surface area contributed by atoms with E-state index in [1.807, 2.05) is 0 Å². The number of carbonyl (C=O) groups is 3. The Kier molecular flexibility index (Phi) is 5.81. The predicted octanol–water partition coefficient (Wildman–Crippen LogP) is 2.41. The van der Waals surface area contributed by atoms with Crippen molar-refractivity contribution in [2.45, 2.75) is 28.9 Å². The second kappa shape index (κ2) is 8.00. The molecule has 3 rings (SSSR count). The summed E-state index contributed by atoms with van der Waals surface area (Å²) in [7, 11) is 0. The molecule has 0 bridgehead atoms. The number of β-lactam (4-membered cyclic amide) rings is 1. The van der Waals surface area contributed by atoms with Crippen LogP contribution in [-0.2, 0) is 20.6 Å². The molecule has 2 atom stereocenters. The lowest BCUT2D eigenvalue weighted by Crippen LogP contribution is -2.70. The van der Waals surface area contributed by atoms with Crippen molar-refractivity contribution in [3.05, 3.63) is 40.4 Å². The van der Waals surface area contributed by atoms with Crippen molar-refractivity contribution < 1.29 is 32.7 Å². The number of carboxylic acids is 1. The summed E-state index contributed by atoms with van der Waals surface area (Å²) in [6.07, 6.45) is -4.89. The van der Waals surface area contributed by atoms with E-state index in [-0.39, 0.29) is 11.4 Å². The third kappa shape index (κ3) is 4.20. The Balaban J connectivity index is 1.80. The fourth-order valence-electron chi connectivity index (χ4n) is 2.82. The second-order valence-electron chi connectivity index (χ2n) is 5.99. The molecule has 0 aliphatic carbocycles. The number of carboxylic acid groups (broad SMARTS) is 1. The van der Waals surface area contributed by atoms with Crippen LogP contribution in [0.3, 0.4) is 0 Å². The fourth-order valence-corrected chi connectivity index (χ4v) is 5.29. The summed E-state index contributed by atoms with van der Waals surface area (Å²) in [5.74, 6) is -2.39. The summed E-state index contributed by atoms with van der Waals surface area (Å²) in [5.41, 5.74) is -1.07. The van der Waals surface area contributed by atoms with Crippen LogP contribution in [-0.4, -0.2) is 45.0 Å². The number of carbonyl (C=O) groups excluding carboxylic acids is 2. The third-order valence-electron chi connectivity index (χ3n) is 4.11. The number of halogens is 3. The van der Waals surface area contributed by atoms with Crippen LogP contribution in [0.1, 0.15) is 12.0 Å². The first-order chi connectivity index (χ1) is 13.6. The molecule has 1 aromatic carbocycles. The van der Waals surface area contributed by atoms with Gasteiger partial charge >= 0.3 is 12.1 Å². The molecular formula is C17H12F3N3O4S2. The quantitative estimate of drug-likeness (QED) is 0.673. The number of nitrogens with one attached hydrogen (secondary N) is 1. The van der Waals surface area contributed by atoms with Gasteiger partial charge in [0.1, 0.15) is 23.5 Å². The van der Waals surface area contributed by atoms with E-state index in [4.69, 9.17) is 5.26 Å². The Labute approximate surface area is 170 Å². The van der Waals surface area contributed by atoms with Crippen LogP contribution >= 0.6 is 23.5 Å². The van der Waals surface area contributed by atoms with Crippen molar-refractivity contribution in [1.82, 2.24) is 10.2 Å². The van der Waals surface area contributed by atoms with E-state index in [1.165, 1.54) is 23.9 Å².